The van der Waals surface area contributed by atoms with E-state index in [2.05, 4.69) is 19.9 Å². The van der Waals surface area contributed by atoms with Crippen LogP contribution in [0.25, 0.3) is 0 Å². The summed E-state index contributed by atoms with van der Waals surface area (Å²) in [6.45, 7) is 16.6. The molecule has 3 rings (SSSR count). The summed E-state index contributed by atoms with van der Waals surface area (Å²) in [4.78, 5) is 80.7. The zero-order valence-corrected chi connectivity index (χ0v) is 36.3. The molecule has 0 bridgehead atoms. The molecule has 10 atom stereocenters. The molecule has 0 N–H and O–H groups in total. The summed E-state index contributed by atoms with van der Waals surface area (Å²) in [6.07, 6.45) is 9.12. The van der Waals surface area contributed by atoms with Gasteiger partial charge in [0, 0.05) is 52.6 Å². The smallest absolute Gasteiger partial charge is 0.329 e. The standard InChI is InChI=1S/C45H71NO11/c1-28(2)39(57-44(52)38-15-11-12-20-46(38)43(51)42(50)45(27-47)33(7)14-13-21-56-45)25-36(48)18-16-29(3)22-40(54-10)41(49)32(6)23-31(5)35-17-19-37(55-26-35)24-30(4)34(8)53-9/h16,24,27-28,31-35,37-40H,11-15,17-23,25-26H2,1-10H3/b29-16+,30-24+/t31-,32+,33+,34-,35+,37?,38-,39-,40+,45+/m0/s1. The summed E-state index contributed by atoms with van der Waals surface area (Å²) in [7, 11) is 3.24. The fraction of sp³-hybridized carbons (Fsp3) is 0.778. The number of ether oxygens (including phenoxy) is 5. The van der Waals surface area contributed by atoms with Crippen LogP contribution < -0.4 is 0 Å². The van der Waals surface area contributed by atoms with Crippen LogP contribution in [-0.4, -0.2) is 110 Å². The predicted octanol–water partition coefficient (Wildman–Crippen LogP) is 6.60. The number of hydrogen-bond donors (Lipinski definition) is 0. The van der Waals surface area contributed by atoms with E-state index in [-0.39, 0.29) is 61.6 Å². The minimum absolute atomic E-state index is 0.0260. The number of piperidine rings is 1. The van der Waals surface area contributed by atoms with Crippen LogP contribution >= 0.6 is 0 Å². The molecule has 3 fully saturated rings. The molecule has 0 radical (unpaired) electrons. The number of allylic oxidation sites excluding steroid dienone is 1. The van der Waals surface area contributed by atoms with Crippen LogP contribution in [0.2, 0.25) is 0 Å². The average molecular weight is 802 g/mol. The number of hydrogen-bond acceptors (Lipinski definition) is 11. The number of Topliss-reactive ketones (excluding diaryl/α,β-unsaturated/α-hetero) is 3. The zero-order chi connectivity index (χ0) is 42.4. The summed E-state index contributed by atoms with van der Waals surface area (Å²) in [6, 6.07) is -1.00. The molecular weight excluding hydrogens is 730 g/mol. The lowest BCUT2D eigenvalue weighted by Gasteiger charge is -2.39. The first-order valence-electron chi connectivity index (χ1n) is 21.2. The van der Waals surface area contributed by atoms with Crippen molar-refractivity contribution in [2.24, 2.45) is 29.6 Å². The van der Waals surface area contributed by atoms with E-state index in [1.54, 1.807) is 20.1 Å². The van der Waals surface area contributed by atoms with Crippen LogP contribution in [0.15, 0.2) is 23.3 Å². The maximum absolute atomic E-state index is 13.6. The molecular formula is C45H71NO11. The van der Waals surface area contributed by atoms with Crippen LogP contribution in [-0.2, 0) is 52.5 Å². The van der Waals surface area contributed by atoms with E-state index < -0.39 is 47.4 Å². The highest BCUT2D eigenvalue weighted by Gasteiger charge is 2.52. The third-order valence-electron chi connectivity index (χ3n) is 12.6. The van der Waals surface area contributed by atoms with Crippen LogP contribution in [0.4, 0.5) is 0 Å². The highest BCUT2D eigenvalue weighted by molar-refractivity contribution is 6.42. The molecule has 3 aliphatic heterocycles. The minimum atomic E-state index is -1.86. The molecule has 3 heterocycles. The third kappa shape index (κ3) is 13.2. The first kappa shape index (κ1) is 48.3. The van der Waals surface area contributed by atoms with Crippen LogP contribution in [0.5, 0.6) is 0 Å². The summed E-state index contributed by atoms with van der Waals surface area (Å²) < 4.78 is 28.8. The normalized spacial score (nSPS) is 27.5. The maximum atomic E-state index is 13.6. The molecule has 0 aromatic heterocycles. The quantitative estimate of drug-likeness (QED) is 0.0406. The molecule has 0 aromatic carbocycles. The predicted molar refractivity (Wildman–Crippen MR) is 216 cm³/mol. The Bertz CT molecular complexity index is 1450. The molecule has 1 unspecified atom stereocenters. The Labute approximate surface area is 341 Å². The van der Waals surface area contributed by atoms with Crippen molar-refractivity contribution in [2.75, 3.05) is 34.0 Å². The van der Waals surface area contributed by atoms with Crippen molar-refractivity contribution < 1.29 is 52.5 Å². The summed E-state index contributed by atoms with van der Waals surface area (Å²) in [5.41, 5.74) is 0.159. The Morgan fingerprint density at radius 2 is 1.63 bits per heavy atom. The van der Waals surface area contributed by atoms with Crippen molar-refractivity contribution in [1.82, 2.24) is 4.90 Å². The van der Waals surface area contributed by atoms with Gasteiger partial charge in [0.25, 0.3) is 11.7 Å². The van der Waals surface area contributed by atoms with Gasteiger partial charge in [-0.25, -0.2) is 4.79 Å². The fourth-order valence-electron chi connectivity index (χ4n) is 8.28. The van der Waals surface area contributed by atoms with Gasteiger partial charge >= 0.3 is 5.97 Å². The Hall–Kier alpha value is -3.06. The number of carbonyl (C=O) groups excluding carboxylic acids is 6. The Morgan fingerprint density at radius 3 is 2.23 bits per heavy atom. The lowest BCUT2D eigenvalue weighted by atomic mass is 9.80. The number of methoxy groups -OCH3 is 2. The van der Waals surface area contributed by atoms with Crippen molar-refractivity contribution in [2.45, 2.75) is 162 Å². The summed E-state index contributed by atoms with van der Waals surface area (Å²) in [5.74, 6) is -2.83. The maximum Gasteiger partial charge on any atom is 0.329 e. The van der Waals surface area contributed by atoms with Crippen LogP contribution in [0, 0.1) is 29.6 Å². The molecule has 3 aliphatic rings. The van der Waals surface area contributed by atoms with E-state index in [1.807, 2.05) is 34.6 Å². The van der Waals surface area contributed by atoms with Crippen molar-refractivity contribution in [3.05, 3.63) is 23.3 Å². The highest BCUT2D eigenvalue weighted by Crippen LogP contribution is 2.33. The molecule has 1 amide bonds. The lowest BCUT2D eigenvalue weighted by Crippen LogP contribution is -2.60. The average Bonchev–Trinajstić information content (AvgIpc) is 3.20. The first-order valence-corrected chi connectivity index (χ1v) is 21.2. The van der Waals surface area contributed by atoms with Gasteiger partial charge in [-0.05, 0) is 101 Å². The number of esters is 1. The number of amides is 1. The number of aldehydes is 1. The SMILES string of the molecule is CO[C@@H](C)/C(C)=C/C1CC[C@@H]([C@@H](C)C[C@@H](C)C(=O)[C@@H](C/C(C)=C/CC(=O)C[C@H](OC(=O)[C@@H]2CCCCN2C(=O)C(=O)[C@]2(C=O)OCCC[C@H]2C)C(C)C)OC)CO1. The molecule has 0 spiro atoms. The van der Waals surface area contributed by atoms with Gasteiger partial charge in [0.2, 0.25) is 0 Å². The molecule has 0 aromatic rings. The van der Waals surface area contributed by atoms with E-state index in [4.69, 9.17) is 23.7 Å². The molecule has 12 nitrogen and oxygen atoms in total. The number of likely N-dealkylation sites (tertiary alicyclic amines) is 1. The molecule has 322 valence electrons. The van der Waals surface area contributed by atoms with Gasteiger partial charge in [0.05, 0.1) is 18.8 Å². The number of carbonyl (C=O) groups is 6. The van der Waals surface area contributed by atoms with Crippen LogP contribution in [0.1, 0.15) is 126 Å². The second-order valence-corrected chi connectivity index (χ2v) is 17.3. The molecule has 3 saturated heterocycles. The third-order valence-corrected chi connectivity index (χ3v) is 12.6. The lowest BCUT2D eigenvalue weighted by molar-refractivity contribution is -0.175. The first-order chi connectivity index (χ1) is 27.0. The second kappa shape index (κ2) is 22.9. The Kier molecular flexibility index (Phi) is 19.4. The highest BCUT2D eigenvalue weighted by atomic mass is 16.5. The zero-order valence-electron chi connectivity index (χ0n) is 36.3. The van der Waals surface area contributed by atoms with E-state index >= 15 is 0 Å². The topological polar surface area (TPSA) is 152 Å². The molecule has 12 heteroatoms. The van der Waals surface area contributed by atoms with E-state index in [0.717, 1.165) is 30.4 Å². The van der Waals surface area contributed by atoms with Crippen LogP contribution in [0.3, 0.4) is 0 Å². The summed E-state index contributed by atoms with van der Waals surface area (Å²) in [5, 5.41) is 0. The van der Waals surface area contributed by atoms with Gasteiger partial charge in [0.15, 0.2) is 17.7 Å². The minimum Gasteiger partial charge on any atom is -0.460 e. The fourth-order valence-corrected chi connectivity index (χ4v) is 8.28. The van der Waals surface area contributed by atoms with E-state index in [9.17, 15) is 28.8 Å². The van der Waals surface area contributed by atoms with Gasteiger partial charge in [0.1, 0.15) is 24.0 Å². The van der Waals surface area contributed by atoms with Gasteiger partial charge in [-0.15, -0.1) is 0 Å². The Morgan fingerprint density at radius 1 is 0.912 bits per heavy atom. The largest absolute Gasteiger partial charge is 0.460 e. The van der Waals surface area contributed by atoms with Crippen molar-refractivity contribution in [3.8, 4) is 0 Å². The molecule has 57 heavy (non-hydrogen) atoms. The van der Waals surface area contributed by atoms with Gasteiger partial charge in [-0.2, -0.15) is 0 Å². The Balaban J connectivity index is 1.53. The van der Waals surface area contributed by atoms with Crippen molar-refractivity contribution in [3.63, 3.8) is 0 Å². The second-order valence-electron chi connectivity index (χ2n) is 17.3. The van der Waals surface area contributed by atoms with E-state index in [1.165, 1.54) is 12.0 Å². The monoisotopic (exact) mass is 802 g/mol. The van der Waals surface area contributed by atoms with Crippen molar-refractivity contribution >= 4 is 35.5 Å². The molecule has 0 saturated carbocycles. The number of rotatable bonds is 21. The number of ketones is 3. The van der Waals surface area contributed by atoms with Gasteiger partial charge in [-0.3, -0.25) is 24.0 Å². The van der Waals surface area contributed by atoms with Gasteiger partial charge < -0.3 is 28.6 Å². The van der Waals surface area contributed by atoms with Gasteiger partial charge in [-0.1, -0.05) is 52.3 Å². The summed E-state index contributed by atoms with van der Waals surface area (Å²) >= 11 is 0. The molecule has 0 aliphatic carbocycles. The van der Waals surface area contributed by atoms with Crippen molar-refractivity contribution in [1.29, 1.82) is 0 Å². The van der Waals surface area contributed by atoms with E-state index in [0.29, 0.717) is 63.3 Å². The number of nitrogens with zero attached hydrogens (tertiary/aromatic N) is 1.